The quantitative estimate of drug-likeness (QED) is 0.289. The van der Waals surface area contributed by atoms with Gasteiger partial charge in [0.1, 0.15) is 5.78 Å². The first-order chi connectivity index (χ1) is 16.6. The van der Waals surface area contributed by atoms with Crippen LogP contribution >= 0.6 is 0 Å². The van der Waals surface area contributed by atoms with Crippen molar-refractivity contribution >= 4 is 11.7 Å². The fourth-order valence-electron chi connectivity index (χ4n) is 5.37. The van der Waals surface area contributed by atoms with Crippen molar-refractivity contribution in [1.82, 2.24) is 20.4 Å². The summed E-state index contributed by atoms with van der Waals surface area (Å²) in [6.45, 7) is 13.6. The summed E-state index contributed by atoms with van der Waals surface area (Å²) in [5.74, 6) is 2.38. The zero-order chi connectivity index (χ0) is 24.4. The van der Waals surface area contributed by atoms with E-state index in [2.05, 4.69) is 27.4 Å². The van der Waals surface area contributed by atoms with Crippen molar-refractivity contribution in [2.75, 3.05) is 58.9 Å². The van der Waals surface area contributed by atoms with Gasteiger partial charge in [0, 0.05) is 38.9 Å². The molecule has 0 unspecified atom stereocenters. The summed E-state index contributed by atoms with van der Waals surface area (Å²) < 4.78 is 0. The number of nitrogens with one attached hydrogen (secondary N) is 2. The van der Waals surface area contributed by atoms with Gasteiger partial charge in [-0.25, -0.2) is 0 Å². The molecule has 2 rings (SSSR count). The van der Waals surface area contributed by atoms with E-state index >= 15 is 0 Å². The second-order valence-corrected chi connectivity index (χ2v) is 10.7. The van der Waals surface area contributed by atoms with Crippen molar-refractivity contribution in [1.29, 1.82) is 0 Å². The Morgan fingerprint density at radius 2 is 1.29 bits per heavy atom. The molecule has 0 saturated carbocycles. The van der Waals surface area contributed by atoms with Crippen LogP contribution < -0.4 is 10.6 Å². The van der Waals surface area contributed by atoms with Gasteiger partial charge in [0.25, 0.3) is 0 Å². The monoisotopic (exact) mass is 478 g/mol. The number of rotatable bonds is 18. The number of likely N-dealkylation sites (tertiary alicyclic amines) is 2. The third-order valence-electron chi connectivity index (χ3n) is 7.95. The highest BCUT2D eigenvalue weighted by Crippen LogP contribution is 2.27. The predicted octanol–water partition coefficient (Wildman–Crippen LogP) is 4.24. The molecule has 0 aromatic rings. The summed E-state index contributed by atoms with van der Waals surface area (Å²) in [6.07, 6.45) is 14.9. The van der Waals surface area contributed by atoms with Gasteiger partial charge in [-0.2, -0.15) is 0 Å². The van der Waals surface area contributed by atoms with Crippen molar-refractivity contribution < 1.29 is 9.59 Å². The normalized spacial score (nSPS) is 18.9. The number of amides is 1. The van der Waals surface area contributed by atoms with Crippen molar-refractivity contribution in [2.45, 2.75) is 97.3 Å². The van der Waals surface area contributed by atoms with Gasteiger partial charge in [0.15, 0.2) is 0 Å². The summed E-state index contributed by atoms with van der Waals surface area (Å²) >= 11 is 0. The lowest BCUT2D eigenvalue weighted by atomic mass is 9.87. The maximum absolute atomic E-state index is 12.1. The van der Waals surface area contributed by atoms with Crippen LogP contribution in [0.15, 0.2) is 0 Å². The van der Waals surface area contributed by atoms with Gasteiger partial charge >= 0.3 is 0 Å². The molecule has 6 nitrogen and oxygen atoms in total. The topological polar surface area (TPSA) is 64.7 Å². The molecule has 198 valence electrons. The van der Waals surface area contributed by atoms with Gasteiger partial charge in [-0.1, -0.05) is 39.5 Å². The summed E-state index contributed by atoms with van der Waals surface area (Å²) in [6, 6.07) is 0. The van der Waals surface area contributed by atoms with Crippen molar-refractivity contribution in [3.8, 4) is 0 Å². The van der Waals surface area contributed by atoms with E-state index in [1.165, 1.54) is 70.9 Å². The lowest BCUT2D eigenvalue weighted by Crippen LogP contribution is -2.37. The van der Waals surface area contributed by atoms with E-state index in [0.717, 1.165) is 70.5 Å². The van der Waals surface area contributed by atoms with Gasteiger partial charge in [0.05, 0.1) is 0 Å². The van der Waals surface area contributed by atoms with Crippen LogP contribution in [0.2, 0.25) is 0 Å². The van der Waals surface area contributed by atoms with Crippen LogP contribution in [-0.4, -0.2) is 80.4 Å². The van der Waals surface area contributed by atoms with Gasteiger partial charge in [-0.3, -0.25) is 9.59 Å². The fourth-order valence-corrected chi connectivity index (χ4v) is 5.37. The van der Waals surface area contributed by atoms with Crippen LogP contribution in [0.4, 0.5) is 0 Å². The molecule has 2 N–H and O–H groups in total. The van der Waals surface area contributed by atoms with Gasteiger partial charge < -0.3 is 20.4 Å². The Morgan fingerprint density at radius 1 is 0.735 bits per heavy atom. The minimum atomic E-state index is 0.207. The van der Waals surface area contributed by atoms with Crippen LogP contribution in [-0.2, 0) is 9.59 Å². The molecule has 2 aliphatic rings. The Balaban J connectivity index is 1.42. The number of carbonyl (C=O) groups excluding carboxylic acids is 2. The third-order valence-corrected chi connectivity index (χ3v) is 7.95. The lowest BCUT2D eigenvalue weighted by Gasteiger charge is -2.33. The number of carbonyl (C=O) groups is 2. The molecule has 0 aromatic heterocycles. The number of hydrogen-bond donors (Lipinski definition) is 2. The number of hydrogen-bond acceptors (Lipinski definition) is 5. The average Bonchev–Trinajstić information content (AvgIpc) is 2.87. The minimum Gasteiger partial charge on any atom is -0.356 e. The predicted molar refractivity (Wildman–Crippen MR) is 142 cm³/mol. The molecule has 0 aliphatic carbocycles. The highest BCUT2D eigenvalue weighted by Gasteiger charge is 2.22. The van der Waals surface area contributed by atoms with E-state index in [0.29, 0.717) is 18.6 Å². The Labute approximate surface area is 210 Å². The molecule has 0 bridgehead atoms. The number of Topliss-reactive ketones (excluding diaryl/α,β-unsaturated/α-hetero) is 1. The molecule has 2 saturated heterocycles. The first-order valence-corrected chi connectivity index (χ1v) is 14.5. The molecule has 1 amide bonds. The third kappa shape index (κ3) is 13.2. The Hall–Kier alpha value is -0.980. The van der Waals surface area contributed by atoms with Crippen molar-refractivity contribution in [3.63, 3.8) is 0 Å². The fraction of sp³-hybridized carbons (Fsp3) is 0.929. The molecular weight excluding hydrogens is 424 g/mol. The van der Waals surface area contributed by atoms with Gasteiger partial charge in [0.2, 0.25) is 5.91 Å². The van der Waals surface area contributed by atoms with Crippen LogP contribution in [0, 0.1) is 11.8 Å². The molecule has 2 aliphatic heterocycles. The zero-order valence-electron chi connectivity index (χ0n) is 22.4. The second-order valence-electron chi connectivity index (χ2n) is 10.7. The smallest absolute Gasteiger partial charge is 0.221 e. The maximum Gasteiger partial charge on any atom is 0.221 e. The van der Waals surface area contributed by atoms with E-state index in [4.69, 9.17) is 0 Å². The molecule has 0 atom stereocenters. The summed E-state index contributed by atoms with van der Waals surface area (Å²) in [5, 5.41) is 6.50. The maximum atomic E-state index is 12.1. The zero-order valence-corrected chi connectivity index (χ0v) is 22.4. The van der Waals surface area contributed by atoms with Gasteiger partial charge in [-0.05, 0) is 89.6 Å². The molecule has 6 heteroatoms. The second kappa shape index (κ2) is 18.3. The standard InChI is InChI=1S/C28H54N4O2/c1-3-5-16-29-17-7-18-30-28(34)15-24-32-21-12-26(13-22-32)9-6-8-25-10-19-31(20-11-25)23-14-27(33)4-2/h25-26,29H,3-24H2,1-2H3,(H,30,34). The molecular formula is C28H54N4O2. The van der Waals surface area contributed by atoms with Crippen LogP contribution in [0.25, 0.3) is 0 Å². The Morgan fingerprint density at radius 3 is 1.85 bits per heavy atom. The minimum absolute atomic E-state index is 0.207. The van der Waals surface area contributed by atoms with E-state index in [1.807, 2.05) is 6.92 Å². The van der Waals surface area contributed by atoms with E-state index < -0.39 is 0 Å². The van der Waals surface area contributed by atoms with Crippen LogP contribution in [0.3, 0.4) is 0 Å². The molecule has 0 radical (unpaired) electrons. The van der Waals surface area contributed by atoms with Crippen molar-refractivity contribution in [3.05, 3.63) is 0 Å². The highest BCUT2D eigenvalue weighted by molar-refractivity contribution is 5.78. The largest absolute Gasteiger partial charge is 0.356 e. The molecule has 0 spiro atoms. The van der Waals surface area contributed by atoms with E-state index in [-0.39, 0.29) is 5.91 Å². The van der Waals surface area contributed by atoms with Crippen LogP contribution in [0.1, 0.15) is 97.3 Å². The highest BCUT2D eigenvalue weighted by atomic mass is 16.1. The van der Waals surface area contributed by atoms with E-state index in [1.54, 1.807) is 0 Å². The number of unbranched alkanes of at least 4 members (excludes halogenated alkanes) is 1. The molecule has 0 aromatic carbocycles. The molecule has 2 heterocycles. The summed E-state index contributed by atoms with van der Waals surface area (Å²) in [7, 11) is 0. The van der Waals surface area contributed by atoms with E-state index in [9.17, 15) is 9.59 Å². The molecule has 34 heavy (non-hydrogen) atoms. The first-order valence-electron chi connectivity index (χ1n) is 14.5. The number of ketones is 1. The van der Waals surface area contributed by atoms with Crippen LogP contribution in [0.5, 0.6) is 0 Å². The molecule has 2 fully saturated rings. The number of piperidine rings is 2. The Kier molecular flexibility index (Phi) is 15.8. The van der Waals surface area contributed by atoms with Crippen molar-refractivity contribution in [2.24, 2.45) is 11.8 Å². The van der Waals surface area contributed by atoms with Gasteiger partial charge in [-0.15, -0.1) is 0 Å². The first kappa shape index (κ1) is 29.3. The number of nitrogens with zero attached hydrogens (tertiary/aromatic N) is 2. The average molecular weight is 479 g/mol. The SMILES string of the molecule is CCCCNCCCNC(=O)CCN1CCC(CCCC2CCN(CCC(=O)CC)CC2)CC1. The lowest BCUT2D eigenvalue weighted by molar-refractivity contribution is -0.121. The summed E-state index contributed by atoms with van der Waals surface area (Å²) in [4.78, 5) is 28.6. The Bertz CT molecular complexity index is 541. The summed E-state index contributed by atoms with van der Waals surface area (Å²) in [5.41, 5.74) is 0.